The zero-order chi connectivity index (χ0) is 15.8. The minimum atomic E-state index is -0.228. The van der Waals surface area contributed by atoms with E-state index >= 15 is 0 Å². The van der Waals surface area contributed by atoms with Gasteiger partial charge in [-0.15, -0.1) is 0 Å². The monoisotopic (exact) mass is 313 g/mol. The van der Waals surface area contributed by atoms with Crippen LogP contribution < -0.4 is 5.56 Å². The third-order valence-corrected chi connectivity index (χ3v) is 4.15. The summed E-state index contributed by atoms with van der Waals surface area (Å²) in [5, 5.41) is 2.81. The van der Waals surface area contributed by atoms with E-state index in [4.69, 9.17) is 4.42 Å². The summed E-state index contributed by atoms with van der Waals surface area (Å²) in [5.74, 6) is -0.0142. The number of nitrogens with one attached hydrogen (secondary N) is 1. The molecule has 0 spiro atoms. The first kappa shape index (κ1) is 13.7. The van der Waals surface area contributed by atoms with Crippen molar-refractivity contribution in [2.75, 3.05) is 6.54 Å². The highest BCUT2D eigenvalue weighted by Gasteiger charge is 2.31. The molecule has 0 aliphatic carbocycles. The zero-order valence-electron chi connectivity index (χ0n) is 12.3. The number of carbonyl (C=O) groups excluding carboxylic acids is 1. The molecule has 4 heterocycles. The van der Waals surface area contributed by atoms with E-state index in [9.17, 15) is 9.59 Å². The van der Waals surface area contributed by atoms with Crippen molar-refractivity contribution in [2.45, 2.75) is 25.3 Å². The van der Waals surface area contributed by atoms with Crippen LogP contribution in [0.5, 0.6) is 0 Å². The van der Waals surface area contributed by atoms with Gasteiger partial charge in [0.05, 0.1) is 17.9 Å². The third-order valence-electron chi connectivity index (χ3n) is 4.15. The van der Waals surface area contributed by atoms with Gasteiger partial charge in [-0.25, -0.2) is 14.5 Å². The van der Waals surface area contributed by atoms with E-state index in [1.54, 1.807) is 17.2 Å². The van der Waals surface area contributed by atoms with Gasteiger partial charge >= 0.3 is 0 Å². The molecule has 1 amide bonds. The number of carbonyl (C=O) groups is 1. The minimum Gasteiger partial charge on any atom is -0.438 e. The standard InChI is InChI=1S/C15H15N5O3/c21-14-7-10(18-13-4-5-17-20(13)14)11-3-1-2-6-19(11)15(22)12-8-16-9-23-12/h4-5,7-9,11,17H,1-3,6H2/t11-/m0/s1. The van der Waals surface area contributed by atoms with Crippen LogP contribution in [0.3, 0.4) is 0 Å². The smallest absolute Gasteiger partial charge is 0.291 e. The van der Waals surface area contributed by atoms with Crippen LogP contribution in [0.25, 0.3) is 5.65 Å². The largest absolute Gasteiger partial charge is 0.438 e. The number of likely N-dealkylation sites (tertiary alicyclic amines) is 1. The van der Waals surface area contributed by atoms with Crippen LogP contribution in [0.4, 0.5) is 0 Å². The number of rotatable bonds is 2. The molecule has 3 aromatic rings. The molecule has 1 atom stereocenters. The van der Waals surface area contributed by atoms with Crippen LogP contribution in [0.1, 0.15) is 41.6 Å². The molecule has 1 N–H and O–H groups in total. The fourth-order valence-corrected chi connectivity index (χ4v) is 3.06. The van der Waals surface area contributed by atoms with Crippen molar-refractivity contribution in [3.63, 3.8) is 0 Å². The lowest BCUT2D eigenvalue weighted by atomic mass is 9.98. The Kier molecular flexibility index (Phi) is 3.22. The van der Waals surface area contributed by atoms with Gasteiger partial charge in [0.15, 0.2) is 12.0 Å². The Bertz CT molecular complexity index is 895. The topological polar surface area (TPSA) is 96.5 Å². The second-order valence-corrected chi connectivity index (χ2v) is 5.55. The van der Waals surface area contributed by atoms with Crippen LogP contribution >= 0.6 is 0 Å². The molecular formula is C15H15N5O3. The van der Waals surface area contributed by atoms with Gasteiger partial charge in [0.25, 0.3) is 11.5 Å². The number of hydrogen-bond acceptors (Lipinski definition) is 5. The Labute approximate surface area is 130 Å². The molecule has 1 saturated heterocycles. The summed E-state index contributed by atoms with van der Waals surface area (Å²) >= 11 is 0. The lowest BCUT2D eigenvalue weighted by molar-refractivity contribution is 0.0573. The number of hydrogen-bond donors (Lipinski definition) is 1. The lowest BCUT2D eigenvalue weighted by Gasteiger charge is -2.34. The fraction of sp³-hybridized carbons (Fsp3) is 0.333. The summed E-state index contributed by atoms with van der Waals surface area (Å²) < 4.78 is 6.49. The van der Waals surface area contributed by atoms with Crippen molar-refractivity contribution in [3.05, 3.63) is 52.7 Å². The van der Waals surface area contributed by atoms with Crippen molar-refractivity contribution in [3.8, 4) is 0 Å². The Balaban J connectivity index is 1.74. The van der Waals surface area contributed by atoms with Crippen LogP contribution in [0.2, 0.25) is 0 Å². The molecule has 0 saturated carbocycles. The average molecular weight is 313 g/mol. The Morgan fingerprint density at radius 3 is 3.13 bits per heavy atom. The summed E-state index contributed by atoms with van der Waals surface area (Å²) in [6.07, 6.45) is 6.98. The van der Waals surface area contributed by atoms with Gasteiger partial charge in [0.2, 0.25) is 5.76 Å². The van der Waals surface area contributed by atoms with E-state index in [1.165, 1.54) is 23.2 Å². The van der Waals surface area contributed by atoms with Crippen LogP contribution in [-0.2, 0) is 0 Å². The van der Waals surface area contributed by atoms with Gasteiger partial charge in [-0.2, -0.15) is 0 Å². The molecule has 1 fully saturated rings. The molecule has 8 nitrogen and oxygen atoms in total. The number of oxazole rings is 1. The molecule has 1 aliphatic heterocycles. The van der Waals surface area contributed by atoms with E-state index in [1.807, 2.05) is 0 Å². The van der Waals surface area contributed by atoms with E-state index < -0.39 is 0 Å². The van der Waals surface area contributed by atoms with E-state index in [0.717, 1.165) is 19.3 Å². The maximum Gasteiger partial charge on any atom is 0.291 e. The summed E-state index contributed by atoms with van der Waals surface area (Å²) in [5.41, 5.74) is 0.972. The molecule has 8 heteroatoms. The predicted octanol–water partition coefficient (Wildman–Crippen LogP) is 1.38. The van der Waals surface area contributed by atoms with Crippen molar-refractivity contribution in [2.24, 2.45) is 0 Å². The van der Waals surface area contributed by atoms with E-state index in [2.05, 4.69) is 15.1 Å². The maximum absolute atomic E-state index is 12.6. The Hall–Kier alpha value is -2.90. The summed E-state index contributed by atoms with van der Waals surface area (Å²) in [4.78, 5) is 34.8. The Morgan fingerprint density at radius 2 is 2.30 bits per heavy atom. The predicted molar refractivity (Wildman–Crippen MR) is 79.9 cm³/mol. The molecule has 0 aromatic carbocycles. The van der Waals surface area contributed by atoms with Crippen molar-refractivity contribution < 1.29 is 9.21 Å². The van der Waals surface area contributed by atoms with Crippen molar-refractivity contribution in [1.82, 2.24) is 24.5 Å². The summed E-state index contributed by atoms with van der Waals surface area (Å²) in [7, 11) is 0. The zero-order valence-corrected chi connectivity index (χ0v) is 12.3. The van der Waals surface area contributed by atoms with Crippen LogP contribution in [0, 0.1) is 0 Å². The van der Waals surface area contributed by atoms with Gasteiger partial charge in [0.1, 0.15) is 0 Å². The molecule has 118 valence electrons. The minimum absolute atomic E-state index is 0.187. The van der Waals surface area contributed by atoms with E-state index in [-0.39, 0.29) is 23.3 Å². The molecule has 0 bridgehead atoms. The number of piperidine rings is 1. The maximum atomic E-state index is 12.6. The number of H-pyrrole nitrogens is 1. The van der Waals surface area contributed by atoms with Gasteiger partial charge in [0, 0.05) is 24.9 Å². The van der Waals surface area contributed by atoms with Gasteiger partial charge < -0.3 is 9.32 Å². The second-order valence-electron chi connectivity index (χ2n) is 5.55. The van der Waals surface area contributed by atoms with E-state index in [0.29, 0.717) is 17.9 Å². The molecule has 0 unspecified atom stereocenters. The Morgan fingerprint density at radius 1 is 1.39 bits per heavy atom. The molecule has 4 rings (SSSR count). The van der Waals surface area contributed by atoms with Crippen molar-refractivity contribution >= 4 is 11.6 Å². The first-order chi connectivity index (χ1) is 11.2. The number of amides is 1. The highest BCUT2D eigenvalue weighted by atomic mass is 16.3. The third kappa shape index (κ3) is 2.32. The first-order valence-corrected chi connectivity index (χ1v) is 7.50. The molecule has 0 radical (unpaired) electrons. The van der Waals surface area contributed by atoms with Crippen molar-refractivity contribution in [1.29, 1.82) is 0 Å². The van der Waals surface area contributed by atoms with Gasteiger partial charge in [-0.1, -0.05) is 0 Å². The van der Waals surface area contributed by atoms with Gasteiger partial charge in [-0.05, 0) is 19.3 Å². The lowest BCUT2D eigenvalue weighted by Crippen LogP contribution is -2.39. The number of aromatic nitrogens is 4. The quantitative estimate of drug-likeness (QED) is 0.771. The molecule has 23 heavy (non-hydrogen) atoms. The summed E-state index contributed by atoms with van der Waals surface area (Å²) in [6.45, 7) is 0.610. The molecule has 3 aromatic heterocycles. The second kappa shape index (κ2) is 5.38. The number of fused-ring (bicyclic) bond motifs is 1. The fourth-order valence-electron chi connectivity index (χ4n) is 3.06. The SMILES string of the molecule is O=C(c1cnco1)N1CCCC[C@H]1c1cc(=O)n2[nH]ccc2n1. The number of aromatic amines is 1. The average Bonchev–Trinajstić information content (AvgIpc) is 3.25. The normalized spacial score (nSPS) is 18.4. The van der Waals surface area contributed by atoms with Gasteiger partial charge in [-0.3, -0.25) is 14.7 Å². The first-order valence-electron chi connectivity index (χ1n) is 7.50. The van der Waals surface area contributed by atoms with Crippen LogP contribution in [0.15, 0.2) is 40.1 Å². The summed E-state index contributed by atoms with van der Waals surface area (Å²) in [6, 6.07) is 2.99. The molecular weight excluding hydrogens is 298 g/mol. The van der Waals surface area contributed by atoms with Crippen LogP contribution in [-0.4, -0.2) is 36.9 Å². The molecule has 1 aliphatic rings. The highest BCUT2D eigenvalue weighted by molar-refractivity contribution is 5.91. The highest BCUT2D eigenvalue weighted by Crippen LogP contribution is 2.30. The number of nitrogens with zero attached hydrogens (tertiary/aromatic N) is 4.